The average molecular weight is 353 g/mol. The summed E-state index contributed by atoms with van der Waals surface area (Å²) in [6.07, 6.45) is 3.20. The van der Waals surface area contributed by atoms with Crippen LogP contribution < -0.4 is 16.0 Å². The molecule has 10 nitrogen and oxygen atoms in total. The Labute approximate surface area is 144 Å². The summed E-state index contributed by atoms with van der Waals surface area (Å²) in [5.41, 5.74) is 0.542. The Morgan fingerprint density at radius 3 is 2.68 bits per heavy atom. The average Bonchev–Trinajstić information content (AvgIpc) is 3.24. The van der Waals surface area contributed by atoms with Crippen LogP contribution in [0.5, 0.6) is 0 Å². The monoisotopic (exact) mass is 353 g/mol. The molecule has 1 aromatic rings. The SMILES string of the molecule is C[C@@H](O)[C@H](NC(=O)[C@@H]1CCCN1)C(=O)N[C@@H](Cc1cnc[nH]1)C(=O)O. The fraction of sp³-hybridized carbons (Fsp3) is 0.600. The second-order valence-electron chi connectivity index (χ2n) is 6.06. The van der Waals surface area contributed by atoms with Gasteiger partial charge < -0.3 is 31.1 Å². The van der Waals surface area contributed by atoms with Gasteiger partial charge in [0.2, 0.25) is 11.8 Å². The second kappa shape index (κ2) is 8.58. The molecular weight excluding hydrogens is 330 g/mol. The maximum atomic E-state index is 12.4. The van der Waals surface area contributed by atoms with Crippen molar-refractivity contribution >= 4 is 17.8 Å². The van der Waals surface area contributed by atoms with Crippen molar-refractivity contribution in [2.24, 2.45) is 0 Å². The standard InChI is InChI=1S/C15H23N5O5/c1-8(21)12(20-13(22)10-3-2-4-17-10)14(23)19-11(15(24)25)5-9-6-16-7-18-9/h6-8,10-12,17,21H,2-5H2,1H3,(H,16,18)(H,19,23)(H,20,22)(H,24,25)/t8-,10+,11+,12+/m1/s1. The zero-order valence-electron chi connectivity index (χ0n) is 13.9. The van der Waals surface area contributed by atoms with Gasteiger partial charge in [-0.3, -0.25) is 9.59 Å². The summed E-state index contributed by atoms with van der Waals surface area (Å²) in [6.45, 7) is 2.08. The van der Waals surface area contributed by atoms with Gasteiger partial charge in [0.25, 0.3) is 0 Å². The molecule has 0 saturated carbocycles. The van der Waals surface area contributed by atoms with E-state index in [-0.39, 0.29) is 12.3 Å². The van der Waals surface area contributed by atoms with Gasteiger partial charge in [0.1, 0.15) is 12.1 Å². The van der Waals surface area contributed by atoms with Gasteiger partial charge in [0.15, 0.2) is 0 Å². The molecule has 1 saturated heterocycles. The molecule has 138 valence electrons. The highest BCUT2D eigenvalue weighted by Crippen LogP contribution is 2.06. The second-order valence-corrected chi connectivity index (χ2v) is 6.06. The minimum atomic E-state index is -1.24. The van der Waals surface area contributed by atoms with Crippen molar-refractivity contribution in [2.45, 2.75) is 50.4 Å². The smallest absolute Gasteiger partial charge is 0.326 e. The lowest BCUT2D eigenvalue weighted by atomic mass is 10.1. The normalized spacial score (nSPS) is 20.5. The number of hydrogen-bond donors (Lipinski definition) is 6. The van der Waals surface area contributed by atoms with E-state index in [9.17, 15) is 24.6 Å². The number of aliphatic hydroxyl groups excluding tert-OH is 1. The first kappa shape index (κ1) is 18.9. The highest BCUT2D eigenvalue weighted by Gasteiger charge is 2.32. The predicted molar refractivity (Wildman–Crippen MR) is 86.5 cm³/mol. The van der Waals surface area contributed by atoms with Gasteiger partial charge in [-0.15, -0.1) is 0 Å². The van der Waals surface area contributed by atoms with Crippen LogP contribution in [-0.2, 0) is 20.8 Å². The number of nitrogens with one attached hydrogen (secondary N) is 4. The van der Waals surface area contributed by atoms with Gasteiger partial charge >= 0.3 is 5.97 Å². The van der Waals surface area contributed by atoms with E-state index in [1.54, 1.807) is 0 Å². The first-order chi connectivity index (χ1) is 11.9. The van der Waals surface area contributed by atoms with E-state index in [0.29, 0.717) is 12.1 Å². The summed E-state index contributed by atoms with van der Waals surface area (Å²) in [6, 6.07) is -2.86. The topological polar surface area (TPSA) is 156 Å². The molecule has 2 amide bonds. The quantitative estimate of drug-likeness (QED) is 0.320. The highest BCUT2D eigenvalue weighted by molar-refractivity contribution is 5.92. The van der Waals surface area contributed by atoms with Gasteiger partial charge in [-0.2, -0.15) is 0 Å². The van der Waals surface area contributed by atoms with Gasteiger partial charge in [-0.05, 0) is 26.3 Å². The molecule has 0 bridgehead atoms. The number of nitrogens with zero attached hydrogens (tertiary/aromatic N) is 1. The minimum Gasteiger partial charge on any atom is -0.480 e. The van der Waals surface area contributed by atoms with Gasteiger partial charge in [0, 0.05) is 18.3 Å². The molecule has 4 atom stereocenters. The van der Waals surface area contributed by atoms with Crippen molar-refractivity contribution in [1.29, 1.82) is 0 Å². The van der Waals surface area contributed by atoms with Gasteiger partial charge in [-0.1, -0.05) is 0 Å². The predicted octanol–water partition coefficient (Wildman–Crippen LogP) is -1.86. The molecule has 1 aliphatic rings. The first-order valence-electron chi connectivity index (χ1n) is 8.10. The maximum Gasteiger partial charge on any atom is 0.326 e. The van der Waals surface area contributed by atoms with Crippen LogP contribution in [0.3, 0.4) is 0 Å². The number of carbonyl (C=O) groups excluding carboxylic acids is 2. The summed E-state index contributed by atoms with van der Waals surface area (Å²) in [4.78, 5) is 42.5. The van der Waals surface area contributed by atoms with Crippen LogP contribution in [-0.4, -0.2) is 68.7 Å². The molecule has 1 aliphatic heterocycles. The molecule has 0 unspecified atom stereocenters. The number of aromatic amines is 1. The number of amides is 2. The van der Waals surface area contributed by atoms with Crippen LogP contribution in [0.4, 0.5) is 0 Å². The van der Waals surface area contributed by atoms with Crippen LogP contribution in [0.1, 0.15) is 25.5 Å². The van der Waals surface area contributed by atoms with Crippen molar-refractivity contribution < 1.29 is 24.6 Å². The molecule has 0 spiro atoms. The number of H-pyrrole nitrogens is 1. The number of imidazole rings is 1. The van der Waals surface area contributed by atoms with Crippen LogP contribution in [0.2, 0.25) is 0 Å². The highest BCUT2D eigenvalue weighted by atomic mass is 16.4. The fourth-order valence-electron chi connectivity index (χ4n) is 2.65. The molecule has 1 aromatic heterocycles. The van der Waals surface area contributed by atoms with Crippen LogP contribution in [0.15, 0.2) is 12.5 Å². The third-order valence-electron chi connectivity index (χ3n) is 4.03. The molecular formula is C15H23N5O5. The summed E-state index contributed by atoms with van der Waals surface area (Å²) in [7, 11) is 0. The Bertz CT molecular complexity index is 597. The van der Waals surface area contributed by atoms with Crippen molar-refractivity contribution in [2.75, 3.05) is 6.54 Å². The Morgan fingerprint density at radius 1 is 1.40 bits per heavy atom. The maximum absolute atomic E-state index is 12.4. The van der Waals surface area contributed by atoms with E-state index < -0.39 is 36.1 Å². The van der Waals surface area contributed by atoms with Crippen LogP contribution in [0.25, 0.3) is 0 Å². The number of aliphatic carboxylic acids is 1. The molecule has 2 rings (SSSR count). The summed E-state index contributed by atoms with van der Waals surface area (Å²) >= 11 is 0. The molecule has 0 aromatic carbocycles. The summed E-state index contributed by atoms with van der Waals surface area (Å²) in [5.74, 6) is -2.37. The molecule has 6 N–H and O–H groups in total. The number of rotatable bonds is 8. The number of carbonyl (C=O) groups is 3. The largest absolute Gasteiger partial charge is 0.480 e. The third-order valence-corrected chi connectivity index (χ3v) is 4.03. The van der Waals surface area contributed by atoms with Crippen molar-refractivity contribution in [3.05, 3.63) is 18.2 Å². The number of aliphatic hydroxyl groups is 1. The van der Waals surface area contributed by atoms with Crippen LogP contribution >= 0.6 is 0 Å². The summed E-state index contributed by atoms with van der Waals surface area (Å²) < 4.78 is 0. The fourth-order valence-corrected chi connectivity index (χ4v) is 2.65. The third kappa shape index (κ3) is 5.26. The number of hydrogen-bond acceptors (Lipinski definition) is 6. The van der Waals surface area contributed by atoms with Crippen molar-refractivity contribution in [3.63, 3.8) is 0 Å². The lowest BCUT2D eigenvalue weighted by Gasteiger charge is -2.24. The van der Waals surface area contributed by atoms with Gasteiger partial charge in [-0.25, -0.2) is 9.78 Å². The van der Waals surface area contributed by atoms with E-state index in [1.807, 2.05) is 0 Å². The first-order valence-corrected chi connectivity index (χ1v) is 8.10. The van der Waals surface area contributed by atoms with Crippen molar-refractivity contribution in [3.8, 4) is 0 Å². The van der Waals surface area contributed by atoms with Crippen molar-refractivity contribution in [1.82, 2.24) is 25.9 Å². The zero-order valence-corrected chi connectivity index (χ0v) is 13.9. The Morgan fingerprint density at radius 2 is 2.16 bits per heavy atom. The molecule has 0 aliphatic carbocycles. The van der Waals surface area contributed by atoms with E-state index in [1.165, 1.54) is 19.4 Å². The summed E-state index contributed by atoms with van der Waals surface area (Å²) in [5, 5.41) is 26.9. The number of carboxylic acid groups (broad SMARTS) is 1. The Balaban J connectivity index is 1.99. The lowest BCUT2D eigenvalue weighted by molar-refractivity contribution is -0.143. The van der Waals surface area contributed by atoms with E-state index in [4.69, 9.17) is 0 Å². The van der Waals surface area contributed by atoms with Gasteiger partial charge in [0.05, 0.1) is 18.5 Å². The zero-order chi connectivity index (χ0) is 18.4. The van der Waals surface area contributed by atoms with E-state index >= 15 is 0 Å². The Kier molecular flexibility index (Phi) is 6.48. The number of aromatic nitrogens is 2. The minimum absolute atomic E-state index is 0.00568. The lowest BCUT2D eigenvalue weighted by Crippen LogP contribution is -2.58. The Hall–Kier alpha value is -2.46. The molecule has 2 heterocycles. The molecule has 10 heteroatoms. The van der Waals surface area contributed by atoms with E-state index in [2.05, 4.69) is 25.9 Å². The van der Waals surface area contributed by atoms with Crippen LogP contribution in [0, 0.1) is 0 Å². The molecule has 25 heavy (non-hydrogen) atoms. The molecule has 0 radical (unpaired) electrons. The number of carboxylic acids is 1. The van der Waals surface area contributed by atoms with E-state index in [0.717, 1.165) is 13.0 Å². The molecule has 1 fully saturated rings.